The molecule has 0 aliphatic carbocycles. The molecular formula is C30H30O19. The van der Waals surface area contributed by atoms with Gasteiger partial charge in [-0.15, -0.1) is 0 Å². The Morgan fingerprint density at radius 3 is 1.55 bits per heavy atom. The number of phenols is 5. The molecular weight excluding hydrogens is 664 g/mol. The van der Waals surface area contributed by atoms with Gasteiger partial charge in [0.05, 0.1) is 25.5 Å². The Bertz CT molecular complexity index is 1650. The van der Waals surface area contributed by atoms with Crippen LogP contribution in [0.2, 0.25) is 0 Å². The number of rotatable bonds is 10. The lowest BCUT2D eigenvalue weighted by Gasteiger charge is -2.18. The van der Waals surface area contributed by atoms with E-state index in [4.69, 9.17) is 60.9 Å². The molecule has 264 valence electrons. The second-order valence-electron chi connectivity index (χ2n) is 9.07. The first kappa shape index (κ1) is 42.0. The molecule has 0 radical (unpaired) electrons. The number of hydrogen-bond donors (Lipinski definition) is 12. The Hall–Kier alpha value is -7.02. The molecule has 3 aromatic carbocycles. The zero-order chi connectivity index (χ0) is 38.1. The predicted molar refractivity (Wildman–Crippen MR) is 162 cm³/mol. The number of carboxylic acids is 6. The number of aliphatic hydroxyl groups is 1. The topological polar surface area (TPSA) is 354 Å². The Morgan fingerprint density at radius 2 is 1.18 bits per heavy atom. The first-order valence-corrected chi connectivity index (χ1v) is 12.8. The van der Waals surface area contributed by atoms with E-state index >= 15 is 0 Å². The maximum absolute atomic E-state index is 10.3. The molecule has 3 rings (SSSR count). The Balaban J connectivity index is 0.000000631. The highest BCUT2D eigenvalue weighted by molar-refractivity contribution is 5.91. The monoisotopic (exact) mass is 694 g/mol. The van der Waals surface area contributed by atoms with Gasteiger partial charge in [-0.1, -0.05) is 18.2 Å². The van der Waals surface area contributed by atoms with Crippen LogP contribution in [0.25, 0.3) is 6.08 Å². The van der Waals surface area contributed by atoms with Gasteiger partial charge >= 0.3 is 35.8 Å². The molecule has 0 saturated carbocycles. The fourth-order valence-electron chi connectivity index (χ4n) is 3.06. The highest BCUT2D eigenvalue weighted by Gasteiger charge is 2.40. The lowest BCUT2D eigenvalue weighted by atomic mass is 9.96. The Labute approximate surface area is 274 Å². The third-order valence-electron chi connectivity index (χ3n) is 5.36. The van der Waals surface area contributed by atoms with Crippen LogP contribution in [0, 0.1) is 0 Å². The third-order valence-corrected chi connectivity index (χ3v) is 5.36. The quantitative estimate of drug-likeness (QED) is 0.106. The minimum absolute atomic E-state index is 0.0278. The highest BCUT2D eigenvalue weighted by atomic mass is 16.5. The van der Waals surface area contributed by atoms with Crippen molar-refractivity contribution in [2.45, 2.75) is 18.4 Å². The number of aromatic hydroxyl groups is 5. The van der Waals surface area contributed by atoms with Gasteiger partial charge in [0, 0.05) is 6.08 Å². The molecule has 0 aliphatic rings. The van der Waals surface area contributed by atoms with E-state index < -0.39 is 71.5 Å². The van der Waals surface area contributed by atoms with Crippen molar-refractivity contribution in [3.05, 3.63) is 77.4 Å². The van der Waals surface area contributed by atoms with Crippen molar-refractivity contribution in [2.24, 2.45) is 0 Å². The highest BCUT2D eigenvalue weighted by Crippen LogP contribution is 2.35. The van der Waals surface area contributed by atoms with Crippen molar-refractivity contribution in [2.75, 3.05) is 7.11 Å². The molecule has 0 atom stereocenters. The number of hydrogen-bond acceptors (Lipinski definition) is 13. The largest absolute Gasteiger partial charge is 0.507 e. The molecule has 0 fully saturated rings. The van der Waals surface area contributed by atoms with Gasteiger partial charge in [0.2, 0.25) is 0 Å². The van der Waals surface area contributed by atoms with Crippen molar-refractivity contribution in [3.8, 4) is 34.5 Å². The summed E-state index contributed by atoms with van der Waals surface area (Å²) in [6, 6.07) is 12.1. The predicted octanol–water partition coefficient (Wildman–Crippen LogP) is 1.84. The number of ether oxygens (including phenoxy) is 1. The smallest absolute Gasteiger partial charge is 0.339 e. The molecule has 0 bridgehead atoms. The van der Waals surface area contributed by atoms with Crippen LogP contribution in [0.5, 0.6) is 34.5 Å². The van der Waals surface area contributed by atoms with Crippen molar-refractivity contribution in [1.29, 1.82) is 0 Å². The average Bonchev–Trinajstić information content (AvgIpc) is 2.99. The fourth-order valence-corrected chi connectivity index (χ4v) is 3.06. The van der Waals surface area contributed by atoms with E-state index in [1.54, 1.807) is 24.3 Å². The SMILES string of the molecule is COc1cc(/C=C/C(=O)O)ccc1O.O=C(O)CC(O)(CC(=O)O)C(=O)O.O=C(O)c1cc(O)c(O)c(O)c1.O=C(O)c1ccccc1O. The molecule has 0 aliphatic heterocycles. The van der Waals surface area contributed by atoms with Crippen LogP contribution in [0.3, 0.4) is 0 Å². The van der Waals surface area contributed by atoms with Crippen molar-refractivity contribution < 1.29 is 94.8 Å². The van der Waals surface area contributed by atoms with Gasteiger partial charge in [0.1, 0.15) is 11.3 Å². The van der Waals surface area contributed by atoms with Crippen molar-refractivity contribution >= 4 is 41.9 Å². The van der Waals surface area contributed by atoms with Crippen LogP contribution >= 0.6 is 0 Å². The number of aliphatic carboxylic acids is 4. The molecule has 0 saturated heterocycles. The summed E-state index contributed by atoms with van der Waals surface area (Å²) in [5, 5.41) is 104. The summed E-state index contributed by atoms with van der Waals surface area (Å²) in [6.45, 7) is 0. The Kier molecular flexibility index (Phi) is 16.7. The van der Waals surface area contributed by atoms with E-state index in [0.717, 1.165) is 18.2 Å². The summed E-state index contributed by atoms with van der Waals surface area (Å²) in [5.41, 5.74) is -2.44. The lowest BCUT2D eigenvalue weighted by Crippen LogP contribution is -2.42. The number of methoxy groups -OCH3 is 1. The molecule has 0 unspecified atom stereocenters. The van der Waals surface area contributed by atoms with Gasteiger partial charge in [0.25, 0.3) is 0 Å². The van der Waals surface area contributed by atoms with E-state index in [2.05, 4.69) is 0 Å². The van der Waals surface area contributed by atoms with Crippen LogP contribution in [0.15, 0.2) is 60.7 Å². The van der Waals surface area contributed by atoms with Gasteiger partial charge in [-0.05, 0) is 48.0 Å². The second kappa shape index (κ2) is 19.5. The lowest BCUT2D eigenvalue weighted by molar-refractivity contribution is -0.170. The summed E-state index contributed by atoms with van der Waals surface area (Å²) < 4.78 is 4.86. The van der Waals surface area contributed by atoms with Gasteiger partial charge in [-0.3, -0.25) is 9.59 Å². The van der Waals surface area contributed by atoms with Gasteiger partial charge in [-0.25, -0.2) is 19.2 Å². The molecule has 0 spiro atoms. The first-order valence-electron chi connectivity index (χ1n) is 12.8. The van der Waals surface area contributed by atoms with Crippen molar-refractivity contribution in [3.63, 3.8) is 0 Å². The zero-order valence-corrected chi connectivity index (χ0v) is 25.0. The van der Waals surface area contributed by atoms with E-state index in [-0.39, 0.29) is 22.6 Å². The van der Waals surface area contributed by atoms with E-state index in [9.17, 15) is 33.9 Å². The third kappa shape index (κ3) is 15.2. The van der Waals surface area contributed by atoms with Crippen LogP contribution in [0.4, 0.5) is 0 Å². The van der Waals surface area contributed by atoms with Crippen LogP contribution < -0.4 is 4.74 Å². The number of benzene rings is 3. The number of phenolic OH excluding ortho intramolecular Hbond substituents is 4. The molecule has 49 heavy (non-hydrogen) atoms. The van der Waals surface area contributed by atoms with E-state index in [0.29, 0.717) is 11.3 Å². The molecule has 0 aromatic heterocycles. The van der Waals surface area contributed by atoms with Gasteiger partial charge < -0.3 is 66.0 Å². The number of aromatic carboxylic acids is 2. The molecule has 12 N–H and O–H groups in total. The normalized spacial score (nSPS) is 10.1. The fraction of sp³-hybridized carbons (Fsp3) is 0.133. The molecule has 3 aromatic rings. The van der Waals surface area contributed by atoms with E-state index in [1.807, 2.05) is 0 Å². The zero-order valence-electron chi connectivity index (χ0n) is 25.0. The summed E-state index contributed by atoms with van der Waals surface area (Å²) in [6.07, 6.45) is 0.152. The number of para-hydroxylation sites is 1. The molecule has 19 heteroatoms. The van der Waals surface area contributed by atoms with Gasteiger partial charge in [0.15, 0.2) is 34.3 Å². The van der Waals surface area contributed by atoms with Crippen LogP contribution in [-0.2, 0) is 19.2 Å². The maximum Gasteiger partial charge on any atom is 0.339 e. The number of carboxylic acid groups (broad SMARTS) is 6. The van der Waals surface area contributed by atoms with E-state index in [1.165, 1.54) is 31.4 Å². The first-order chi connectivity index (χ1) is 22.6. The maximum atomic E-state index is 10.3. The minimum Gasteiger partial charge on any atom is -0.507 e. The van der Waals surface area contributed by atoms with Gasteiger partial charge in [-0.2, -0.15) is 0 Å². The standard InChI is InChI=1S/C10H10O4.C7H6O5.C7H6O3.C6H8O7/c1-14-9-6-7(2-4-8(9)11)3-5-10(12)13;8-4-1-3(7(11)12)2-5(9)6(4)10;8-6-4-2-1-3-5(6)7(9)10;7-3(8)1-6(13,5(11)12)2-4(9)10/h2-6,11H,1H3,(H,12,13);1-2,8-10H,(H,11,12);1-4,8H,(H,9,10);13H,1-2H2,(H,7,8)(H,9,10)(H,11,12)/b5-3+;;;. The van der Waals surface area contributed by atoms with Crippen molar-refractivity contribution in [1.82, 2.24) is 0 Å². The summed E-state index contributed by atoms with van der Waals surface area (Å²) >= 11 is 0. The second-order valence-corrected chi connectivity index (χ2v) is 9.07. The average molecular weight is 695 g/mol. The number of carbonyl (C=O) groups is 6. The molecule has 0 amide bonds. The molecule has 0 heterocycles. The summed E-state index contributed by atoms with van der Waals surface area (Å²) in [5.74, 6) is -10.3. The molecule has 19 nitrogen and oxygen atoms in total. The Morgan fingerprint density at radius 1 is 0.673 bits per heavy atom. The summed E-state index contributed by atoms with van der Waals surface area (Å²) in [4.78, 5) is 61.3. The van der Waals surface area contributed by atoms with Crippen LogP contribution in [0.1, 0.15) is 39.1 Å². The van der Waals surface area contributed by atoms with Crippen LogP contribution in [-0.4, -0.2) is 110 Å². The minimum atomic E-state index is -2.74. The summed E-state index contributed by atoms with van der Waals surface area (Å²) in [7, 11) is 1.43.